The maximum atomic E-state index is 13.8. The second-order valence-electron chi connectivity index (χ2n) is 9.95. The highest BCUT2D eigenvalue weighted by Gasteiger charge is 2.18. The minimum Gasteiger partial charge on any atom is -0.497 e. The number of nitrogens with one attached hydrogen (secondary N) is 2. The third-order valence-corrected chi connectivity index (χ3v) is 6.80. The lowest BCUT2D eigenvalue weighted by atomic mass is 10.1. The van der Waals surface area contributed by atoms with Gasteiger partial charge in [-0.1, -0.05) is 12.1 Å². The number of rotatable bonds is 10. The lowest BCUT2D eigenvalue weighted by Crippen LogP contribution is -2.31. The van der Waals surface area contributed by atoms with Gasteiger partial charge in [-0.15, -0.1) is 0 Å². The van der Waals surface area contributed by atoms with Crippen LogP contribution in [0.4, 0.5) is 11.4 Å². The van der Waals surface area contributed by atoms with Gasteiger partial charge in [0.15, 0.2) is 11.4 Å². The van der Waals surface area contributed by atoms with E-state index < -0.39 is 5.56 Å². The zero-order valence-corrected chi connectivity index (χ0v) is 22.9. The van der Waals surface area contributed by atoms with Gasteiger partial charge in [0.1, 0.15) is 11.5 Å². The van der Waals surface area contributed by atoms with Crippen molar-refractivity contribution in [3.8, 4) is 22.9 Å². The van der Waals surface area contributed by atoms with Crippen molar-refractivity contribution in [1.29, 1.82) is 0 Å². The highest BCUT2D eigenvalue weighted by molar-refractivity contribution is 5.95. The molecule has 5 rings (SSSR count). The maximum Gasteiger partial charge on any atom is 0.299 e. The molecule has 3 aromatic carbocycles. The number of ether oxygens (including phenoxy) is 2. The monoisotopic (exact) mass is 539 g/mol. The summed E-state index contributed by atoms with van der Waals surface area (Å²) in [6, 6.07) is 20.1. The SMILES string of the molecule is COc1ccc(-n2ncc(Oc3ccc4c(c3)CCC4)c(Nc3cccc(C(=O)NCCN(C)C)c3)c2=O)cc1. The van der Waals surface area contributed by atoms with Crippen molar-refractivity contribution in [1.82, 2.24) is 20.0 Å². The fourth-order valence-corrected chi connectivity index (χ4v) is 4.65. The predicted octanol–water partition coefficient (Wildman–Crippen LogP) is 4.56. The number of methoxy groups -OCH3 is 1. The molecule has 0 fully saturated rings. The van der Waals surface area contributed by atoms with E-state index >= 15 is 0 Å². The Labute approximate surface area is 233 Å². The zero-order valence-electron chi connectivity index (χ0n) is 22.9. The molecular formula is C31H33N5O4. The predicted molar refractivity (Wildman–Crippen MR) is 156 cm³/mol. The summed E-state index contributed by atoms with van der Waals surface area (Å²) >= 11 is 0. The molecule has 0 spiro atoms. The minimum absolute atomic E-state index is 0.189. The van der Waals surface area contributed by atoms with Gasteiger partial charge in [-0.2, -0.15) is 9.78 Å². The van der Waals surface area contributed by atoms with Crippen LogP contribution in [0, 0.1) is 0 Å². The fourth-order valence-electron chi connectivity index (χ4n) is 4.65. The molecule has 1 aromatic heterocycles. The number of carbonyl (C=O) groups is 1. The molecule has 1 aliphatic carbocycles. The number of carbonyl (C=O) groups excluding carboxylic acids is 1. The molecule has 0 aliphatic heterocycles. The van der Waals surface area contributed by atoms with Crippen LogP contribution in [-0.2, 0) is 12.8 Å². The summed E-state index contributed by atoms with van der Waals surface area (Å²) in [5.74, 6) is 1.41. The molecule has 9 nitrogen and oxygen atoms in total. The molecule has 2 N–H and O–H groups in total. The van der Waals surface area contributed by atoms with Crippen LogP contribution in [0.1, 0.15) is 27.9 Å². The van der Waals surface area contributed by atoms with E-state index in [4.69, 9.17) is 9.47 Å². The van der Waals surface area contributed by atoms with E-state index in [9.17, 15) is 9.59 Å². The Hall–Kier alpha value is -4.63. The number of aromatic nitrogens is 2. The van der Waals surface area contributed by atoms with Gasteiger partial charge in [0.25, 0.3) is 11.5 Å². The topological polar surface area (TPSA) is 97.7 Å². The smallest absolute Gasteiger partial charge is 0.299 e. The third kappa shape index (κ3) is 6.16. The van der Waals surface area contributed by atoms with Crippen LogP contribution in [0.25, 0.3) is 5.69 Å². The van der Waals surface area contributed by atoms with Crippen LogP contribution in [0.3, 0.4) is 0 Å². The van der Waals surface area contributed by atoms with Crippen LogP contribution in [0.15, 0.2) is 77.7 Å². The second kappa shape index (κ2) is 12.0. The molecule has 4 aromatic rings. The second-order valence-corrected chi connectivity index (χ2v) is 9.95. The summed E-state index contributed by atoms with van der Waals surface area (Å²) in [7, 11) is 5.49. The van der Waals surface area contributed by atoms with Gasteiger partial charge in [0.2, 0.25) is 0 Å². The lowest BCUT2D eigenvalue weighted by molar-refractivity contribution is 0.0951. The minimum atomic E-state index is -0.398. The van der Waals surface area contributed by atoms with Crippen LogP contribution < -0.4 is 25.7 Å². The molecule has 0 saturated heterocycles. The van der Waals surface area contributed by atoms with Crippen LogP contribution >= 0.6 is 0 Å². The number of aryl methyl sites for hydroxylation is 2. The number of amides is 1. The van der Waals surface area contributed by atoms with E-state index in [-0.39, 0.29) is 17.3 Å². The van der Waals surface area contributed by atoms with E-state index in [1.807, 2.05) is 31.1 Å². The van der Waals surface area contributed by atoms with Gasteiger partial charge >= 0.3 is 0 Å². The molecule has 0 saturated carbocycles. The molecular weight excluding hydrogens is 506 g/mol. The first-order valence-electron chi connectivity index (χ1n) is 13.3. The number of hydrogen-bond acceptors (Lipinski definition) is 7. The van der Waals surface area contributed by atoms with E-state index in [0.29, 0.717) is 35.0 Å². The number of anilines is 2. The van der Waals surface area contributed by atoms with Crippen molar-refractivity contribution < 1.29 is 14.3 Å². The molecule has 0 radical (unpaired) electrons. The number of nitrogens with zero attached hydrogens (tertiary/aromatic N) is 3. The number of hydrogen-bond donors (Lipinski definition) is 2. The maximum absolute atomic E-state index is 13.8. The molecule has 0 bridgehead atoms. The first-order valence-corrected chi connectivity index (χ1v) is 13.3. The van der Waals surface area contributed by atoms with Gasteiger partial charge in [-0.3, -0.25) is 9.59 Å². The molecule has 206 valence electrons. The van der Waals surface area contributed by atoms with Crippen molar-refractivity contribution in [2.75, 3.05) is 39.6 Å². The molecule has 1 aliphatic rings. The van der Waals surface area contributed by atoms with E-state index in [1.165, 1.54) is 22.0 Å². The van der Waals surface area contributed by atoms with Gasteiger partial charge in [0, 0.05) is 24.3 Å². The van der Waals surface area contributed by atoms with Crippen molar-refractivity contribution in [3.63, 3.8) is 0 Å². The van der Waals surface area contributed by atoms with Crippen LogP contribution in [0.5, 0.6) is 17.2 Å². The summed E-state index contributed by atoms with van der Waals surface area (Å²) in [6.07, 6.45) is 4.74. The zero-order chi connectivity index (χ0) is 28.1. The molecule has 0 unspecified atom stereocenters. The number of fused-ring (bicyclic) bond motifs is 1. The fraction of sp³-hybridized carbons (Fsp3) is 0.258. The first kappa shape index (κ1) is 27.0. The molecule has 1 heterocycles. The van der Waals surface area contributed by atoms with Crippen molar-refractivity contribution in [3.05, 3.63) is 100.0 Å². The first-order chi connectivity index (χ1) is 19.4. The average molecular weight is 540 g/mol. The van der Waals surface area contributed by atoms with E-state index in [2.05, 4.69) is 21.8 Å². The van der Waals surface area contributed by atoms with Crippen LogP contribution in [-0.4, -0.2) is 54.9 Å². The van der Waals surface area contributed by atoms with Crippen molar-refractivity contribution in [2.24, 2.45) is 0 Å². The van der Waals surface area contributed by atoms with Crippen molar-refractivity contribution >= 4 is 17.3 Å². The Morgan fingerprint density at radius 3 is 2.55 bits per heavy atom. The summed E-state index contributed by atoms with van der Waals surface area (Å²) in [5, 5.41) is 10.5. The average Bonchev–Trinajstić information content (AvgIpc) is 3.43. The Balaban J connectivity index is 1.48. The quantitative estimate of drug-likeness (QED) is 0.305. The lowest BCUT2D eigenvalue weighted by Gasteiger charge is -2.16. The standard InChI is InChI=1S/C31H33N5O4/c1-35(2)17-16-32-30(37)23-8-5-9-24(18-23)34-29-28(40-27-13-10-21-6-4-7-22(21)19-27)20-33-36(31(29)38)25-11-14-26(39-3)15-12-25/h5,8-15,18-20,34H,4,6-7,16-17H2,1-3H3,(H,32,37). The molecule has 40 heavy (non-hydrogen) atoms. The number of benzene rings is 3. The Bertz CT molecular complexity index is 1560. The Morgan fingerprint density at radius 2 is 1.77 bits per heavy atom. The van der Waals surface area contributed by atoms with Gasteiger partial charge in [-0.25, -0.2) is 0 Å². The summed E-state index contributed by atoms with van der Waals surface area (Å²) in [4.78, 5) is 28.5. The van der Waals surface area contributed by atoms with E-state index in [0.717, 1.165) is 25.8 Å². The van der Waals surface area contributed by atoms with E-state index in [1.54, 1.807) is 55.6 Å². The third-order valence-electron chi connectivity index (χ3n) is 6.80. The van der Waals surface area contributed by atoms with Crippen molar-refractivity contribution in [2.45, 2.75) is 19.3 Å². The highest BCUT2D eigenvalue weighted by Crippen LogP contribution is 2.32. The van der Waals surface area contributed by atoms with Gasteiger partial charge in [-0.05, 0) is 99.1 Å². The van der Waals surface area contributed by atoms with Gasteiger partial charge in [0.05, 0.1) is 19.0 Å². The molecule has 1 amide bonds. The number of likely N-dealkylation sites (N-methyl/N-ethyl adjacent to an activating group) is 1. The molecule has 0 atom stereocenters. The highest BCUT2D eigenvalue weighted by atomic mass is 16.5. The largest absolute Gasteiger partial charge is 0.497 e. The van der Waals surface area contributed by atoms with Crippen LogP contribution in [0.2, 0.25) is 0 Å². The summed E-state index contributed by atoms with van der Waals surface area (Å²) in [6.45, 7) is 1.26. The Morgan fingerprint density at radius 1 is 1.00 bits per heavy atom. The Kier molecular flexibility index (Phi) is 8.12. The summed E-state index contributed by atoms with van der Waals surface area (Å²) in [5.41, 5.74) is 4.03. The molecule has 9 heteroatoms. The summed E-state index contributed by atoms with van der Waals surface area (Å²) < 4.78 is 12.8. The van der Waals surface area contributed by atoms with Gasteiger partial charge < -0.3 is 25.0 Å². The normalized spacial score (nSPS) is 12.2.